The third-order valence-corrected chi connectivity index (χ3v) is 2.66. The topological polar surface area (TPSA) is 42.0 Å². The zero-order valence-electron chi connectivity index (χ0n) is 9.27. The first kappa shape index (κ1) is 11.6. The summed E-state index contributed by atoms with van der Waals surface area (Å²) in [6.45, 7) is 0. The third kappa shape index (κ3) is 2.63. The highest BCUT2D eigenvalue weighted by Crippen LogP contribution is 2.21. The van der Waals surface area contributed by atoms with Gasteiger partial charge in [0.1, 0.15) is 0 Å². The van der Waals surface area contributed by atoms with E-state index in [2.05, 4.69) is 10.3 Å². The first-order valence-corrected chi connectivity index (χ1v) is 5.51. The maximum atomic E-state index is 11.5. The van der Waals surface area contributed by atoms with Crippen LogP contribution < -0.4 is 5.32 Å². The number of nitrogens with one attached hydrogen (secondary N) is 1. The standard InChI is InChI=1S/C13H11ClN2O/c1-15-13(17)11-6-10(7-16-8-11)9-2-4-12(14)5-3-9/h2-8H,1H3,(H,15,17). The van der Waals surface area contributed by atoms with Gasteiger partial charge in [-0.1, -0.05) is 23.7 Å². The van der Waals surface area contributed by atoms with Crippen molar-refractivity contribution >= 4 is 17.5 Å². The maximum Gasteiger partial charge on any atom is 0.252 e. The van der Waals surface area contributed by atoms with E-state index in [0.29, 0.717) is 10.6 Å². The first-order chi connectivity index (χ1) is 8.20. The molecule has 0 saturated carbocycles. The highest BCUT2D eigenvalue weighted by Gasteiger charge is 2.05. The normalized spacial score (nSPS) is 10.0. The van der Waals surface area contributed by atoms with Crippen LogP contribution in [0.3, 0.4) is 0 Å². The summed E-state index contributed by atoms with van der Waals surface area (Å²) < 4.78 is 0. The molecule has 0 unspecified atom stereocenters. The van der Waals surface area contributed by atoms with Crippen LogP contribution in [-0.2, 0) is 0 Å². The number of halogens is 1. The second-order valence-electron chi connectivity index (χ2n) is 3.55. The Morgan fingerprint density at radius 3 is 2.53 bits per heavy atom. The third-order valence-electron chi connectivity index (χ3n) is 2.41. The minimum atomic E-state index is -0.145. The molecule has 0 saturated heterocycles. The van der Waals surface area contributed by atoms with Crippen LogP contribution in [0.4, 0.5) is 0 Å². The molecule has 1 N–H and O–H groups in total. The zero-order valence-corrected chi connectivity index (χ0v) is 10.0. The Morgan fingerprint density at radius 2 is 1.88 bits per heavy atom. The number of hydrogen-bond acceptors (Lipinski definition) is 2. The zero-order chi connectivity index (χ0) is 12.3. The average molecular weight is 247 g/mol. The van der Waals surface area contributed by atoms with Crippen LogP contribution in [0.2, 0.25) is 5.02 Å². The molecule has 0 radical (unpaired) electrons. The molecule has 86 valence electrons. The fraction of sp³-hybridized carbons (Fsp3) is 0.0769. The summed E-state index contributed by atoms with van der Waals surface area (Å²) in [5.74, 6) is -0.145. The Morgan fingerprint density at radius 1 is 1.18 bits per heavy atom. The van der Waals surface area contributed by atoms with Crippen LogP contribution in [0.1, 0.15) is 10.4 Å². The number of amides is 1. The number of aromatic nitrogens is 1. The first-order valence-electron chi connectivity index (χ1n) is 5.14. The van der Waals surface area contributed by atoms with Crippen molar-refractivity contribution in [2.24, 2.45) is 0 Å². The van der Waals surface area contributed by atoms with Crippen molar-refractivity contribution in [2.45, 2.75) is 0 Å². The van der Waals surface area contributed by atoms with Crippen molar-refractivity contribution in [2.75, 3.05) is 7.05 Å². The number of benzene rings is 1. The number of hydrogen-bond donors (Lipinski definition) is 1. The lowest BCUT2D eigenvalue weighted by Crippen LogP contribution is -2.17. The predicted octanol–water partition coefficient (Wildman–Crippen LogP) is 2.76. The fourth-order valence-electron chi connectivity index (χ4n) is 1.51. The molecular formula is C13H11ClN2O. The van der Waals surface area contributed by atoms with E-state index in [0.717, 1.165) is 11.1 Å². The molecule has 0 aliphatic carbocycles. The summed E-state index contributed by atoms with van der Waals surface area (Å²) in [6.07, 6.45) is 3.26. The smallest absolute Gasteiger partial charge is 0.252 e. The Balaban J connectivity index is 2.39. The number of nitrogens with zero attached hydrogens (tertiary/aromatic N) is 1. The molecule has 17 heavy (non-hydrogen) atoms. The van der Waals surface area contributed by atoms with Crippen molar-refractivity contribution < 1.29 is 4.79 Å². The summed E-state index contributed by atoms with van der Waals surface area (Å²) in [4.78, 5) is 15.5. The Hall–Kier alpha value is -1.87. The molecule has 0 bridgehead atoms. The average Bonchev–Trinajstić information content (AvgIpc) is 2.39. The number of pyridine rings is 1. The molecule has 0 aliphatic heterocycles. The van der Waals surface area contributed by atoms with Crippen molar-refractivity contribution in [3.05, 3.63) is 53.3 Å². The van der Waals surface area contributed by atoms with Gasteiger partial charge in [0, 0.05) is 30.0 Å². The highest BCUT2D eigenvalue weighted by molar-refractivity contribution is 6.30. The van der Waals surface area contributed by atoms with Crippen molar-refractivity contribution in [1.29, 1.82) is 0 Å². The SMILES string of the molecule is CNC(=O)c1cncc(-c2ccc(Cl)cc2)c1. The van der Waals surface area contributed by atoms with Crippen LogP contribution in [0, 0.1) is 0 Å². The van der Waals surface area contributed by atoms with Crippen molar-refractivity contribution in [3.63, 3.8) is 0 Å². The predicted molar refractivity (Wildman–Crippen MR) is 68.1 cm³/mol. The summed E-state index contributed by atoms with van der Waals surface area (Å²) in [5, 5.41) is 3.25. The molecule has 3 nitrogen and oxygen atoms in total. The van der Waals surface area contributed by atoms with Crippen LogP contribution >= 0.6 is 11.6 Å². The molecule has 0 spiro atoms. The Kier molecular flexibility index (Phi) is 3.40. The molecule has 4 heteroatoms. The number of carbonyl (C=O) groups excluding carboxylic acids is 1. The van der Waals surface area contributed by atoms with Gasteiger partial charge in [-0.2, -0.15) is 0 Å². The van der Waals surface area contributed by atoms with Gasteiger partial charge in [-0.05, 0) is 23.8 Å². The molecule has 2 aromatic rings. The molecule has 1 amide bonds. The van der Waals surface area contributed by atoms with Gasteiger partial charge in [0.05, 0.1) is 5.56 Å². The number of rotatable bonds is 2. The van der Waals surface area contributed by atoms with E-state index in [1.807, 2.05) is 24.3 Å². The van der Waals surface area contributed by atoms with Crippen molar-refractivity contribution in [1.82, 2.24) is 10.3 Å². The molecule has 0 fully saturated rings. The van der Waals surface area contributed by atoms with E-state index in [-0.39, 0.29) is 5.91 Å². The van der Waals surface area contributed by atoms with Gasteiger partial charge in [-0.3, -0.25) is 9.78 Å². The molecular weight excluding hydrogens is 236 g/mol. The lowest BCUT2D eigenvalue weighted by molar-refractivity contribution is 0.0963. The highest BCUT2D eigenvalue weighted by atomic mass is 35.5. The van der Waals surface area contributed by atoms with E-state index in [4.69, 9.17) is 11.6 Å². The van der Waals surface area contributed by atoms with E-state index in [1.165, 1.54) is 6.20 Å². The van der Waals surface area contributed by atoms with Gasteiger partial charge in [-0.25, -0.2) is 0 Å². The maximum absolute atomic E-state index is 11.5. The lowest BCUT2D eigenvalue weighted by atomic mass is 10.1. The summed E-state index contributed by atoms with van der Waals surface area (Å²) >= 11 is 5.82. The monoisotopic (exact) mass is 246 g/mol. The minimum Gasteiger partial charge on any atom is -0.355 e. The largest absolute Gasteiger partial charge is 0.355 e. The van der Waals surface area contributed by atoms with Crippen LogP contribution in [0.5, 0.6) is 0 Å². The Labute approximate surface area is 104 Å². The minimum absolute atomic E-state index is 0.145. The van der Waals surface area contributed by atoms with Gasteiger partial charge in [-0.15, -0.1) is 0 Å². The van der Waals surface area contributed by atoms with Crippen molar-refractivity contribution in [3.8, 4) is 11.1 Å². The quantitative estimate of drug-likeness (QED) is 0.885. The van der Waals surface area contributed by atoms with E-state index in [9.17, 15) is 4.79 Å². The lowest BCUT2D eigenvalue weighted by Gasteiger charge is -2.04. The van der Waals surface area contributed by atoms with Gasteiger partial charge in [0.15, 0.2) is 0 Å². The molecule has 1 aromatic heterocycles. The van der Waals surface area contributed by atoms with Crippen LogP contribution in [0.25, 0.3) is 11.1 Å². The summed E-state index contributed by atoms with van der Waals surface area (Å²) in [5.41, 5.74) is 2.41. The Bertz CT molecular complexity index is 537. The molecule has 1 aromatic carbocycles. The van der Waals surface area contributed by atoms with Gasteiger partial charge < -0.3 is 5.32 Å². The molecule has 1 heterocycles. The van der Waals surface area contributed by atoms with E-state index < -0.39 is 0 Å². The van der Waals surface area contributed by atoms with Crippen LogP contribution in [0.15, 0.2) is 42.7 Å². The van der Waals surface area contributed by atoms with Gasteiger partial charge >= 0.3 is 0 Å². The summed E-state index contributed by atoms with van der Waals surface area (Å²) in [7, 11) is 1.59. The fourth-order valence-corrected chi connectivity index (χ4v) is 1.63. The second kappa shape index (κ2) is 4.97. The second-order valence-corrected chi connectivity index (χ2v) is 3.98. The molecule has 0 aliphatic rings. The molecule has 0 atom stereocenters. The number of carbonyl (C=O) groups is 1. The van der Waals surface area contributed by atoms with Gasteiger partial charge in [0.25, 0.3) is 5.91 Å². The summed E-state index contributed by atoms with van der Waals surface area (Å²) in [6, 6.07) is 9.21. The molecule has 2 rings (SSSR count). The van der Waals surface area contributed by atoms with E-state index in [1.54, 1.807) is 19.3 Å². The van der Waals surface area contributed by atoms with E-state index >= 15 is 0 Å². The van der Waals surface area contributed by atoms with Gasteiger partial charge in [0.2, 0.25) is 0 Å². The van der Waals surface area contributed by atoms with Crippen LogP contribution in [-0.4, -0.2) is 17.9 Å².